The summed E-state index contributed by atoms with van der Waals surface area (Å²) in [5.74, 6) is -0.598. The lowest BCUT2D eigenvalue weighted by Crippen LogP contribution is -2.28. The third-order valence-electron chi connectivity index (χ3n) is 6.41. The molecule has 1 unspecified atom stereocenters. The number of carbonyl (C=O) groups excluding carboxylic acids is 1. The van der Waals surface area contributed by atoms with E-state index in [0.29, 0.717) is 37.3 Å². The minimum absolute atomic E-state index is 0.166. The highest BCUT2D eigenvalue weighted by Crippen LogP contribution is 2.24. The number of hydrogen-bond donors (Lipinski definition) is 2. The minimum Gasteiger partial charge on any atom is -0.492 e. The molecule has 0 aliphatic carbocycles. The molecule has 0 aromatic heterocycles. The molecule has 0 heterocycles. The lowest BCUT2D eigenvalue weighted by atomic mass is 9.94. The van der Waals surface area contributed by atoms with Gasteiger partial charge in [0.2, 0.25) is 0 Å². The van der Waals surface area contributed by atoms with Gasteiger partial charge in [-0.05, 0) is 53.8 Å². The van der Waals surface area contributed by atoms with E-state index in [4.69, 9.17) is 14.2 Å². The number of methoxy groups -OCH3 is 2. The van der Waals surface area contributed by atoms with E-state index in [1.165, 1.54) is 0 Å². The first-order valence-electron chi connectivity index (χ1n) is 12.9. The van der Waals surface area contributed by atoms with Crippen LogP contribution in [0.15, 0.2) is 72.8 Å². The van der Waals surface area contributed by atoms with Crippen molar-refractivity contribution in [3.63, 3.8) is 0 Å². The number of nitrogens with one attached hydrogen (secondary N) is 1. The third-order valence-corrected chi connectivity index (χ3v) is 6.41. The molecule has 0 bridgehead atoms. The SMILES string of the molecule is CCCCC(Cc1ccc(OCCNC(=O)c2ccc(-c3ccc(C(OC)OC)cc3)cc2)cc1)C(=O)O. The predicted octanol–water partition coefficient (Wildman–Crippen LogP) is 5.89. The van der Waals surface area contributed by atoms with E-state index in [-0.39, 0.29) is 11.8 Å². The third kappa shape index (κ3) is 8.43. The van der Waals surface area contributed by atoms with Crippen molar-refractivity contribution < 1.29 is 28.9 Å². The number of rotatable bonds is 15. The van der Waals surface area contributed by atoms with E-state index in [1.807, 2.05) is 60.7 Å². The van der Waals surface area contributed by atoms with Crippen LogP contribution >= 0.6 is 0 Å². The summed E-state index contributed by atoms with van der Waals surface area (Å²) in [5.41, 5.74) is 4.52. The summed E-state index contributed by atoms with van der Waals surface area (Å²) in [5, 5.41) is 12.3. The zero-order valence-corrected chi connectivity index (χ0v) is 22.3. The van der Waals surface area contributed by atoms with Gasteiger partial charge < -0.3 is 24.6 Å². The molecule has 7 nitrogen and oxygen atoms in total. The molecule has 1 amide bonds. The van der Waals surface area contributed by atoms with Crippen molar-refractivity contribution in [1.82, 2.24) is 5.32 Å². The van der Waals surface area contributed by atoms with Crippen molar-refractivity contribution in [1.29, 1.82) is 0 Å². The number of ether oxygens (including phenoxy) is 3. The average molecular weight is 520 g/mol. The van der Waals surface area contributed by atoms with Gasteiger partial charge in [-0.25, -0.2) is 0 Å². The highest BCUT2D eigenvalue weighted by molar-refractivity contribution is 5.94. The number of unbranched alkanes of at least 4 members (excludes halogenated alkanes) is 1. The summed E-state index contributed by atoms with van der Waals surface area (Å²) in [6.07, 6.45) is 2.69. The van der Waals surface area contributed by atoms with Crippen molar-refractivity contribution >= 4 is 11.9 Å². The smallest absolute Gasteiger partial charge is 0.306 e. The van der Waals surface area contributed by atoms with Crippen LogP contribution in [0.4, 0.5) is 0 Å². The average Bonchev–Trinajstić information content (AvgIpc) is 2.95. The van der Waals surface area contributed by atoms with Gasteiger partial charge in [0.15, 0.2) is 6.29 Å². The summed E-state index contributed by atoms with van der Waals surface area (Å²) in [6.45, 7) is 2.75. The number of carboxylic acids is 1. The Kier molecular flexibility index (Phi) is 11.3. The molecule has 2 N–H and O–H groups in total. The van der Waals surface area contributed by atoms with Crippen LogP contribution in [-0.2, 0) is 20.7 Å². The largest absolute Gasteiger partial charge is 0.492 e. The maximum Gasteiger partial charge on any atom is 0.306 e. The first-order valence-corrected chi connectivity index (χ1v) is 12.9. The molecule has 0 radical (unpaired) electrons. The second-order valence-electron chi connectivity index (χ2n) is 9.13. The molecule has 0 saturated heterocycles. The summed E-state index contributed by atoms with van der Waals surface area (Å²) >= 11 is 0. The van der Waals surface area contributed by atoms with Gasteiger partial charge in [0.05, 0.1) is 12.5 Å². The van der Waals surface area contributed by atoms with Gasteiger partial charge >= 0.3 is 5.97 Å². The van der Waals surface area contributed by atoms with Crippen LogP contribution in [0.25, 0.3) is 11.1 Å². The Morgan fingerprint density at radius 2 is 1.47 bits per heavy atom. The van der Waals surface area contributed by atoms with Gasteiger partial charge in [-0.3, -0.25) is 9.59 Å². The van der Waals surface area contributed by atoms with Crippen molar-refractivity contribution in [2.75, 3.05) is 27.4 Å². The highest BCUT2D eigenvalue weighted by atomic mass is 16.7. The molecule has 0 spiro atoms. The van der Waals surface area contributed by atoms with Crippen molar-refractivity contribution in [3.8, 4) is 16.9 Å². The fraction of sp³-hybridized carbons (Fsp3) is 0.355. The molecular weight excluding hydrogens is 482 g/mol. The number of amides is 1. The lowest BCUT2D eigenvalue weighted by molar-refractivity contribution is -0.142. The number of carboxylic acid groups (broad SMARTS) is 1. The Morgan fingerprint density at radius 1 is 0.868 bits per heavy atom. The Labute approximate surface area is 224 Å². The monoisotopic (exact) mass is 519 g/mol. The number of benzene rings is 3. The van der Waals surface area contributed by atoms with Gasteiger partial charge in [0.1, 0.15) is 12.4 Å². The lowest BCUT2D eigenvalue weighted by Gasteiger charge is -2.14. The molecule has 0 fully saturated rings. The van der Waals surface area contributed by atoms with Gasteiger partial charge in [-0.1, -0.05) is 68.3 Å². The summed E-state index contributed by atoms with van der Waals surface area (Å²) in [6, 6.07) is 22.8. The van der Waals surface area contributed by atoms with E-state index in [1.54, 1.807) is 26.4 Å². The van der Waals surface area contributed by atoms with Crippen molar-refractivity contribution in [2.45, 2.75) is 38.9 Å². The maximum atomic E-state index is 12.5. The zero-order chi connectivity index (χ0) is 27.3. The molecule has 202 valence electrons. The standard InChI is InChI=1S/C31H37NO6/c1-4-5-6-27(30(34)35)21-22-7-17-28(18-8-22)38-20-19-32-29(33)25-13-9-23(10-14-25)24-11-15-26(16-12-24)31(36-2)37-3/h7-18,27,31H,4-6,19-21H2,1-3H3,(H,32,33)(H,34,35). The van der Waals surface area contributed by atoms with Gasteiger partial charge in [0, 0.05) is 25.3 Å². The Morgan fingerprint density at radius 3 is 2.03 bits per heavy atom. The van der Waals surface area contributed by atoms with Crippen LogP contribution in [-0.4, -0.2) is 44.4 Å². The van der Waals surface area contributed by atoms with Crippen molar-refractivity contribution in [3.05, 3.63) is 89.5 Å². The second kappa shape index (κ2) is 14.9. The number of aliphatic carboxylic acids is 1. The normalized spacial score (nSPS) is 11.8. The molecule has 3 rings (SSSR count). The molecule has 7 heteroatoms. The van der Waals surface area contributed by atoms with Crippen LogP contribution in [0, 0.1) is 5.92 Å². The molecule has 3 aromatic rings. The van der Waals surface area contributed by atoms with Crippen molar-refractivity contribution in [2.24, 2.45) is 5.92 Å². The summed E-state index contributed by atoms with van der Waals surface area (Å²) in [7, 11) is 3.20. The molecule has 38 heavy (non-hydrogen) atoms. The van der Waals surface area contributed by atoms with Gasteiger partial charge in [-0.15, -0.1) is 0 Å². The quantitative estimate of drug-likeness (QED) is 0.192. The predicted molar refractivity (Wildman–Crippen MR) is 147 cm³/mol. The molecule has 1 atom stereocenters. The van der Waals surface area contributed by atoms with Crippen LogP contribution in [0.3, 0.4) is 0 Å². The Balaban J connectivity index is 1.44. The van der Waals surface area contributed by atoms with Crippen LogP contribution < -0.4 is 10.1 Å². The zero-order valence-electron chi connectivity index (χ0n) is 22.3. The molecule has 3 aromatic carbocycles. The highest BCUT2D eigenvalue weighted by Gasteiger charge is 2.17. The van der Waals surface area contributed by atoms with Gasteiger partial charge in [-0.2, -0.15) is 0 Å². The number of carbonyl (C=O) groups is 2. The molecular formula is C31H37NO6. The fourth-order valence-corrected chi connectivity index (χ4v) is 4.22. The van der Waals surface area contributed by atoms with E-state index in [9.17, 15) is 14.7 Å². The maximum absolute atomic E-state index is 12.5. The van der Waals surface area contributed by atoms with E-state index in [0.717, 1.165) is 35.1 Å². The first kappa shape index (κ1) is 28.9. The fourth-order valence-electron chi connectivity index (χ4n) is 4.22. The van der Waals surface area contributed by atoms with E-state index in [2.05, 4.69) is 12.2 Å². The van der Waals surface area contributed by atoms with E-state index >= 15 is 0 Å². The van der Waals surface area contributed by atoms with E-state index < -0.39 is 12.3 Å². The van der Waals surface area contributed by atoms with Crippen LogP contribution in [0.5, 0.6) is 5.75 Å². The Hall–Kier alpha value is -3.68. The summed E-state index contributed by atoms with van der Waals surface area (Å²) < 4.78 is 16.3. The summed E-state index contributed by atoms with van der Waals surface area (Å²) in [4.78, 5) is 24.0. The van der Waals surface area contributed by atoms with Crippen LogP contribution in [0.2, 0.25) is 0 Å². The first-order chi connectivity index (χ1) is 18.4. The van der Waals surface area contributed by atoms with Gasteiger partial charge in [0.25, 0.3) is 5.91 Å². The molecule has 0 aliphatic rings. The molecule has 0 saturated carbocycles. The minimum atomic E-state index is -0.749. The van der Waals surface area contributed by atoms with Crippen LogP contribution in [0.1, 0.15) is 54.0 Å². The Bertz CT molecular complexity index is 1140. The topological polar surface area (TPSA) is 94.1 Å². The number of hydrogen-bond acceptors (Lipinski definition) is 5. The second-order valence-corrected chi connectivity index (χ2v) is 9.13. The molecule has 0 aliphatic heterocycles.